The first-order valence-corrected chi connectivity index (χ1v) is 11.0. The van der Waals surface area contributed by atoms with Crippen LogP contribution >= 0.6 is 12.4 Å². The van der Waals surface area contributed by atoms with Gasteiger partial charge in [-0.05, 0) is 61.7 Å². The van der Waals surface area contributed by atoms with Crippen LogP contribution in [0.3, 0.4) is 0 Å². The summed E-state index contributed by atoms with van der Waals surface area (Å²) < 4.78 is 11.1. The second-order valence-electron chi connectivity index (χ2n) is 9.38. The average molecular weight is 496 g/mol. The topological polar surface area (TPSA) is 95.7 Å². The molecule has 35 heavy (non-hydrogen) atoms. The highest BCUT2D eigenvalue weighted by atomic mass is 35.5. The van der Waals surface area contributed by atoms with Gasteiger partial charge in [0.2, 0.25) is 0 Å². The molecule has 1 unspecified atom stereocenters. The maximum atomic E-state index is 13.0. The fourth-order valence-corrected chi connectivity index (χ4v) is 3.10. The Hall–Kier alpha value is -3.48. The van der Waals surface area contributed by atoms with E-state index in [9.17, 15) is 14.4 Å². The number of aryl methyl sites for hydroxylation is 2. The number of carbonyl (C=O) groups is 3. The number of ether oxygens (including phenoxy) is 2. The Labute approximate surface area is 211 Å². The molecule has 0 fully saturated rings. The lowest BCUT2D eigenvalue weighted by atomic mass is 9.83. The van der Waals surface area contributed by atoms with Crippen molar-refractivity contribution in [3.05, 3.63) is 94.5 Å². The lowest BCUT2D eigenvalue weighted by Gasteiger charge is -2.25. The smallest absolute Gasteiger partial charge is 0.343 e. The number of nitrogens with two attached hydrogens (primary N) is 1. The van der Waals surface area contributed by atoms with E-state index in [0.29, 0.717) is 11.1 Å². The molecule has 3 aromatic carbocycles. The number of ketones is 1. The van der Waals surface area contributed by atoms with E-state index in [1.807, 2.05) is 34.6 Å². The van der Waals surface area contributed by atoms with Gasteiger partial charge in [0.1, 0.15) is 0 Å². The predicted octanol–water partition coefficient (Wildman–Crippen LogP) is 5.72. The van der Waals surface area contributed by atoms with Crippen molar-refractivity contribution >= 4 is 30.1 Å². The van der Waals surface area contributed by atoms with E-state index < -0.39 is 23.4 Å². The average Bonchev–Trinajstić information content (AvgIpc) is 2.79. The van der Waals surface area contributed by atoms with Crippen LogP contribution in [0.1, 0.15) is 63.0 Å². The van der Waals surface area contributed by atoms with E-state index in [1.165, 1.54) is 18.2 Å². The third kappa shape index (κ3) is 7.01. The number of hydrogen-bond donors (Lipinski definition) is 1. The number of esters is 2. The number of hydrogen-bond acceptors (Lipinski definition) is 6. The molecular weight excluding hydrogens is 466 g/mol. The zero-order chi connectivity index (χ0) is 25.0. The minimum absolute atomic E-state index is 0. The first-order chi connectivity index (χ1) is 16.0. The van der Waals surface area contributed by atoms with Crippen LogP contribution < -0.4 is 15.2 Å². The molecule has 7 heteroatoms. The molecule has 0 saturated heterocycles. The van der Waals surface area contributed by atoms with Crippen molar-refractivity contribution in [1.82, 2.24) is 0 Å². The van der Waals surface area contributed by atoms with E-state index in [1.54, 1.807) is 48.5 Å². The van der Waals surface area contributed by atoms with Gasteiger partial charge in [-0.15, -0.1) is 12.4 Å². The highest BCUT2D eigenvalue weighted by Gasteiger charge is 2.29. The van der Waals surface area contributed by atoms with Crippen LogP contribution in [-0.4, -0.2) is 23.8 Å². The molecule has 0 spiro atoms. The van der Waals surface area contributed by atoms with E-state index in [4.69, 9.17) is 15.2 Å². The molecule has 3 rings (SSSR count). The summed E-state index contributed by atoms with van der Waals surface area (Å²) in [5, 5.41) is 0. The molecule has 0 heterocycles. The molecule has 0 amide bonds. The minimum atomic E-state index is -0.769. The van der Waals surface area contributed by atoms with Crippen molar-refractivity contribution in [3.63, 3.8) is 0 Å². The van der Waals surface area contributed by atoms with Crippen molar-refractivity contribution in [2.45, 2.75) is 40.7 Å². The van der Waals surface area contributed by atoms with Crippen LogP contribution in [0, 0.1) is 19.3 Å². The quantitative estimate of drug-likeness (QED) is 0.267. The molecule has 1 atom stereocenters. The molecule has 0 aliphatic carbocycles. The van der Waals surface area contributed by atoms with E-state index in [0.717, 1.165) is 11.1 Å². The summed E-state index contributed by atoms with van der Waals surface area (Å²) in [5.41, 5.74) is 8.60. The maximum absolute atomic E-state index is 13.0. The first-order valence-electron chi connectivity index (χ1n) is 11.0. The molecule has 0 aliphatic rings. The number of rotatable bonds is 6. The van der Waals surface area contributed by atoms with Crippen molar-refractivity contribution in [3.8, 4) is 11.5 Å². The summed E-state index contributed by atoms with van der Waals surface area (Å²) >= 11 is 0. The Morgan fingerprint density at radius 1 is 0.686 bits per heavy atom. The molecule has 6 nitrogen and oxygen atoms in total. The van der Waals surface area contributed by atoms with Crippen LogP contribution in [0.2, 0.25) is 0 Å². The second-order valence-corrected chi connectivity index (χ2v) is 9.38. The van der Waals surface area contributed by atoms with Gasteiger partial charge in [0, 0.05) is 5.56 Å². The van der Waals surface area contributed by atoms with E-state index in [-0.39, 0.29) is 35.3 Å². The molecule has 0 aromatic heterocycles. The zero-order valence-corrected chi connectivity index (χ0v) is 21.3. The third-order valence-electron chi connectivity index (χ3n) is 5.42. The zero-order valence-electron chi connectivity index (χ0n) is 20.5. The molecule has 184 valence electrons. The largest absolute Gasteiger partial charge is 0.419 e. The number of halogens is 1. The van der Waals surface area contributed by atoms with Crippen LogP contribution in [0.5, 0.6) is 11.5 Å². The SMILES string of the molecule is Cc1ccc(C(=O)Oc2ccc(C(=O)C(N)C(C)(C)C)cc2OC(=O)c2ccc(C)cc2)cc1.Cl. The summed E-state index contributed by atoms with van der Waals surface area (Å²) in [6.45, 7) is 9.42. The number of benzene rings is 3. The highest BCUT2D eigenvalue weighted by molar-refractivity contribution is 6.01. The molecule has 0 aliphatic heterocycles. The molecule has 0 saturated carbocycles. The maximum Gasteiger partial charge on any atom is 0.343 e. The highest BCUT2D eigenvalue weighted by Crippen LogP contribution is 2.32. The van der Waals surface area contributed by atoms with Gasteiger partial charge in [-0.1, -0.05) is 56.2 Å². The fourth-order valence-electron chi connectivity index (χ4n) is 3.10. The van der Waals surface area contributed by atoms with Gasteiger partial charge in [0.05, 0.1) is 17.2 Å². The second kappa shape index (κ2) is 11.3. The molecule has 3 aromatic rings. The number of Topliss-reactive ketones (excluding diaryl/α,β-unsaturated/α-hetero) is 1. The Balaban J connectivity index is 0.00000432. The van der Waals surface area contributed by atoms with Crippen LogP contribution in [-0.2, 0) is 0 Å². The van der Waals surface area contributed by atoms with Gasteiger partial charge < -0.3 is 15.2 Å². The molecular formula is C28H30ClNO5. The van der Waals surface area contributed by atoms with Gasteiger partial charge >= 0.3 is 11.9 Å². The Morgan fingerprint density at radius 3 is 1.51 bits per heavy atom. The summed E-state index contributed by atoms with van der Waals surface area (Å²) in [4.78, 5) is 38.4. The van der Waals surface area contributed by atoms with Gasteiger partial charge in [0.25, 0.3) is 0 Å². The van der Waals surface area contributed by atoms with E-state index >= 15 is 0 Å². The van der Waals surface area contributed by atoms with E-state index in [2.05, 4.69) is 0 Å². The van der Waals surface area contributed by atoms with Gasteiger partial charge in [-0.25, -0.2) is 9.59 Å². The molecule has 2 N–H and O–H groups in total. The Kier molecular flexibility index (Phi) is 8.96. The lowest BCUT2D eigenvalue weighted by molar-refractivity contribution is 0.0682. The normalized spacial score (nSPS) is 11.7. The molecule has 0 bridgehead atoms. The van der Waals surface area contributed by atoms with Gasteiger partial charge in [-0.2, -0.15) is 0 Å². The summed E-state index contributed by atoms with van der Waals surface area (Å²) in [5.74, 6) is -1.59. The fraction of sp³-hybridized carbons (Fsp3) is 0.250. The van der Waals surface area contributed by atoms with Crippen molar-refractivity contribution < 1.29 is 23.9 Å². The molecule has 0 radical (unpaired) electrons. The monoisotopic (exact) mass is 495 g/mol. The predicted molar refractivity (Wildman–Crippen MR) is 138 cm³/mol. The standard InChI is InChI=1S/C28H29NO5.ClH/c1-17-6-10-19(11-7-17)26(31)33-22-15-14-21(24(30)25(29)28(3,4)5)16-23(22)34-27(32)20-12-8-18(2)9-13-20;/h6-16,25H,29H2,1-5H3;1H. The Bertz CT molecular complexity index is 1210. The summed E-state index contributed by atoms with van der Waals surface area (Å²) in [7, 11) is 0. The van der Waals surface area contributed by atoms with Crippen LogP contribution in [0.15, 0.2) is 66.7 Å². The minimum Gasteiger partial charge on any atom is -0.419 e. The van der Waals surface area contributed by atoms with Crippen LogP contribution in [0.4, 0.5) is 0 Å². The van der Waals surface area contributed by atoms with Crippen molar-refractivity contribution in [2.24, 2.45) is 11.1 Å². The summed E-state index contributed by atoms with van der Waals surface area (Å²) in [6.07, 6.45) is 0. The summed E-state index contributed by atoms with van der Waals surface area (Å²) in [6, 6.07) is 17.3. The lowest BCUT2D eigenvalue weighted by Crippen LogP contribution is -2.42. The van der Waals surface area contributed by atoms with Crippen molar-refractivity contribution in [1.29, 1.82) is 0 Å². The Morgan fingerprint density at radius 2 is 1.09 bits per heavy atom. The number of carbonyl (C=O) groups excluding carboxylic acids is 3. The van der Waals surface area contributed by atoms with Crippen LogP contribution in [0.25, 0.3) is 0 Å². The van der Waals surface area contributed by atoms with Crippen molar-refractivity contribution in [2.75, 3.05) is 0 Å². The van der Waals surface area contributed by atoms with Gasteiger partial charge in [0.15, 0.2) is 17.3 Å². The first kappa shape index (κ1) is 27.8. The van der Waals surface area contributed by atoms with Gasteiger partial charge in [-0.3, -0.25) is 4.79 Å². The third-order valence-corrected chi connectivity index (χ3v) is 5.42.